The molecule has 0 amide bonds. The largest absolute Gasteiger partial charge is 0.496 e. The second kappa shape index (κ2) is 4.00. The molecule has 0 aliphatic carbocycles. The fourth-order valence-corrected chi connectivity index (χ4v) is 1.09. The van der Waals surface area contributed by atoms with E-state index in [0.717, 1.165) is 17.0 Å². The van der Waals surface area contributed by atoms with Crippen molar-refractivity contribution in [3.8, 4) is 5.75 Å². The molecule has 1 aromatic carbocycles. The minimum absolute atomic E-state index is 0.809. The Kier molecular flexibility index (Phi) is 2.97. The van der Waals surface area contributed by atoms with Crippen molar-refractivity contribution >= 4 is 23.1 Å². The summed E-state index contributed by atoms with van der Waals surface area (Å²) in [5, 5.41) is 2.32. The summed E-state index contributed by atoms with van der Waals surface area (Å²) >= 11 is 4.49. The lowest BCUT2D eigenvalue weighted by Crippen LogP contribution is -1.85. The standard InChI is InChI=1S/C9H9NOS/c1-7-5-8(10-6-12)3-4-9(7)11-2/h3-5H,1-2H3. The van der Waals surface area contributed by atoms with E-state index in [-0.39, 0.29) is 0 Å². The summed E-state index contributed by atoms with van der Waals surface area (Å²) in [6, 6.07) is 5.60. The summed E-state index contributed by atoms with van der Waals surface area (Å²) < 4.78 is 5.09. The van der Waals surface area contributed by atoms with E-state index in [1.807, 2.05) is 25.1 Å². The van der Waals surface area contributed by atoms with Crippen LogP contribution in [0.1, 0.15) is 5.56 Å². The fraction of sp³-hybridized carbons (Fsp3) is 0.222. The molecule has 0 aromatic heterocycles. The highest BCUT2D eigenvalue weighted by Crippen LogP contribution is 2.22. The average molecular weight is 179 g/mol. The molecule has 0 saturated heterocycles. The smallest absolute Gasteiger partial charge is 0.121 e. The van der Waals surface area contributed by atoms with Crippen LogP contribution in [-0.4, -0.2) is 12.3 Å². The van der Waals surface area contributed by atoms with E-state index in [1.54, 1.807) is 7.11 Å². The minimum Gasteiger partial charge on any atom is -0.496 e. The number of isothiocyanates is 1. The molecule has 0 atom stereocenters. The molecule has 0 radical (unpaired) electrons. The molecule has 2 nitrogen and oxygen atoms in total. The molecule has 12 heavy (non-hydrogen) atoms. The lowest BCUT2D eigenvalue weighted by molar-refractivity contribution is 0.412. The van der Waals surface area contributed by atoms with Crippen LogP contribution in [0, 0.1) is 6.92 Å². The van der Waals surface area contributed by atoms with Crippen molar-refractivity contribution in [2.24, 2.45) is 4.99 Å². The van der Waals surface area contributed by atoms with Crippen molar-refractivity contribution in [3.63, 3.8) is 0 Å². The van der Waals surface area contributed by atoms with Gasteiger partial charge in [0.15, 0.2) is 0 Å². The highest BCUT2D eigenvalue weighted by atomic mass is 32.1. The molecule has 0 bridgehead atoms. The predicted octanol–water partition coefficient (Wildman–Crippen LogP) is 2.74. The quantitative estimate of drug-likeness (QED) is 0.514. The third-order valence-electron chi connectivity index (χ3n) is 1.55. The second-order valence-electron chi connectivity index (χ2n) is 2.36. The van der Waals surface area contributed by atoms with Crippen LogP contribution in [0.15, 0.2) is 23.2 Å². The number of ether oxygens (including phenoxy) is 1. The van der Waals surface area contributed by atoms with Gasteiger partial charge in [0.2, 0.25) is 0 Å². The van der Waals surface area contributed by atoms with Crippen molar-refractivity contribution in [2.45, 2.75) is 6.92 Å². The van der Waals surface area contributed by atoms with Crippen LogP contribution >= 0.6 is 12.2 Å². The van der Waals surface area contributed by atoms with Crippen LogP contribution in [0.2, 0.25) is 0 Å². The van der Waals surface area contributed by atoms with Gasteiger partial charge in [0.25, 0.3) is 0 Å². The fourth-order valence-electron chi connectivity index (χ4n) is 0.985. The number of nitrogens with zero attached hydrogens (tertiary/aromatic N) is 1. The molecule has 0 N–H and O–H groups in total. The van der Waals surface area contributed by atoms with E-state index in [1.165, 1.54) is 0 Å². The average Bonchev–Trinajstić information content (AvgIpc) is 2.05. The lowest BCUT2D eigenvalue weighted by atomic mass is 10.2. The van der Waals surface area contributed by atoms with Crippen LogP contribution < -0.4 is 4.74 Å². The minimum atomic E-state index is 0.809. The summed E-state index contributed by atoms with van der Waals surface area (Å²) in [5.41, 5.74) is 1.85. The van der Waals surface area contributed by atoms with Crippen molar-refractivity contribution in [3.05, 3.63) is 23.8 Å². The van der Waals surface area contributed by atoms with E-state index in [0.29, 0.717) is 0 Å². The maximum atomic E-state index is 5.09. The summed E-state index contributed by atoms with van der Waals surface area (Å²) in [5.74, 6) is 0.860. The zero-order chi connectivity index (χ0) is 8.97. The van der Waals surface area contributed by atoms with Crippen molar-refractivity contribution in [1.29, 1.82) is 0 Å². The Morgan fingerprint density at radius 1 is 1.50 bits per heavy atom. The Morgan fingerprint density at radius 3 is 2.75 bits per heavy atom. The van der Waals surface area contributed by atoms with Gasteiger partial charge in [-0.25, -0.2) is 0 Å². The van der Waals surface area contributed by atoms with Crippen molar-refractivity contribution in [1.82, 2.24) is 0 Å². The maximum absolute atomic E-state index is 5.09. The molecular formula is C9H9NOS. The van der Waals surface area contributed by atoms with E-state index in [4.69, 9.17) is 4.74 Å². The molecule has 3 heteroatoms. The summed E-state index contributed by atoms with van der Waals surface area (Å²) in [6.07, 6.45) is 0. The molecule has 0 aliphatic rings. The van der Waals surface area contributed by atoms with Gasteiger partial charge in [0, 0.05) is 0 Å². The van der Waals surface area contributed by atoms with Crippen LogP contribution in [-0.2, 0) is 0 Å². The normalized spacial score (nSPS) is 8.83. The molecule has 0 spiro atoms. The van der Waals surface area contributed by atoms with E-state index in [2.05, 4.69) is 22.4 Å². The first-order valence-corrected chi connectivity index (χ1v) is 3.91. The molecule has 0 unspecified atom stereocenters. The van der Waals surface area contributed by atoms with Crippen molar-refractivity contribution < 1.29 is 4.74 Å². The molecule has 0 fully saturated rings. The molecule has 1 rings (SSSR count). The van der Waals surface area contributed by atoms with E-state index in [9.17, 15) is 0 Å². The monoisotopic (exact) mass is 179 g/mol. The van der Waals surface area contributed by atoms with Crippen LogP contribution in [0.5, 0.6) is 5.75 Å². The Labute approximate surface area is 76.9 Å². The van der Waals surface area contributed by atoms with E-state index >= 15 is 0 Å². The topological polar surface area (TPSA) is 21.6 Å². The third kappa shape index (κ3) is 1.91. The van der Waals surface area contributed by atoms with Gasteiger partial charge in [-0.15, -0.1) is 0 Å². The number of hydrogen-bond acceptors (Lipinski definition) is 3. The molecule has 0 heterocycles. The molecule has 62 valence electrons. The zero-order valence-electron chi connectivity index (χ0n) is 7.00. The predicted molar refractivity (Wildman–Crippen MR) is 52.4 cm³/mol. The maximum Gasteiger partial charge on any atom is 0.121 e. The Balaban J connectivity index is 3.09. The van der Waals surface area contributed by atoms with Gasteiger partial charge in [-0.05, 0) is 42.9 Å². The van der Waals surface area contributed by atoms with Gasteiger partial charge in [0.05, 0.1) is 18.0 Å². The zero-order valence-corrected chi connectivity index (χ0v) is 7.81. The number of benzene rings is 1. The van der Waals surface area contributed by atoms with Crippen LogP contribution in [0.4, 0.5) is 5.69 Å². The third-order valence-corrected chi connectivity index (χ3v) is 1.64. The number of methoxy groups -OCH3 is 1. The Hall–Kier alpha value is -1.18. The summed E-state index contributed by atoms with van der Waals surface area (Å²) in [6.45, 7) is 1.96. The Bertz CT molecular complexity index is 329. The SMILES string of the molecule is COc1ccc(N=C=S)cc1C. The molecule has 1 aromatic rings. The first kappa shape index (κ1) is 8.91. The van der Waals surface area contributed by atoms with Gasteiger partial charge in [0.1, 0.15) is 5.75 Å². The van der Waals surface area contributed by atoms with Crippen molar-refractivity contribution in [2.75, 3.05) is 7.11 Å². The second-order valence-corrected chi connectivity index (χ2v) is 2.54. The van der Waals surface area contributed by atoms with Gasteiger partial charge >= 0.3 is 0 Å². The number of aryl methyl sites for hydroxylation is 1. The lowest BCUT2D eigenvalue weighted by Gasteiger charge is -2.03. The first-order chi connectivity index (χ1) is 5.77. The van der Waals surface area contributed by atoms with Gasteiger partial charge in [-0.3, -0.25) is 0 Å². The molecule has 0 aliphatic heterocycles. The number of hydrogen-bond donors (Lipinski definition) is 0. The highest BCUT2D eigenvalue weighted by molar-refractivity contribution is 7.78. The number of rotatable bonds is 2. The highest BCUT2D eigenvalue weighted by Gasteiger charge is 1.97. The number of aliphatic imine (C=N–C) groups is 1. The summed E-state index contributed by atoms with van der Waals surface area (Å²) in [4.78, 5) is 3.85. The molecule has 0 saturated carbocycles. The van der Waals surface area contributed by atoms with Gasteiger partial charge in [-0.2, -0.15) is 4.99 Å². The van der Waals surface area contributed by atoms with Gasteiger partial charge in [-0.1, -0.05) is 0 Å². The molecular weight excluding hydrogens is 170 g/mol. The van der Waals surface area contributed by atoms with E-state index < -0.39 is 0 Å². The van der Waals surface area contributed by atoms with Crippen LogP contribution in [0.3, 0.4) is 0 Å². The Morgan fingerprint density at radius 2 is 2.25 bits per heavy atom. The number of thiocarbonyl (C=S) groups is 1. The summed E-state index contributed by atoms with van der Waals surface area (Å²) in [7, 11) is 1.64. The van der Waals surface area contributed by atoms with Crippen LogP contribution in [0.25, 0.3) is 0 Å². The first-order valence-electron chi connectivity index (χ1n) is 3.50. The van der Waals surface area contributed by atoms with Gasteiger partial charge < -0.3 is 4.74 Å².